The molecule has 4 rings (SSSR count). The van der Waals surface area contributed by atoms with Crippen molar-refractivity contribution in [1.29, 1.82) is 0 Å². The van der Waals surface area contributed by atoms with Gasteiger partial charge in [-0.3, -0.25) is 4.79 Å². The highest BCUT2D eigenvalue weighted by molar-refractivity contribution is 7.89. The Morgan fingerprint density at radius 3 is 2.79 bits per heavy atom. The topological polar surface area (TPSA) is 105 Å². The first kappa shape index (κ1) is 23.6. The second-order valence-electron chi connectivity index (χ2n) is 8.02. The summed E-state index contributed by atoms with van der Waals surface area (Å²) >= 11 is 2.86. The summed E-state index contributed by atoms with van der Waals surface area (Å²) in [4.78, 5) is 23.9. The number of rotatable bonds is 10. The normalized spacial score (nSPS) is 12.9. The van der Waals surface area contributed by atoms with Crippen molar-refractivity contribution in [3.63, 3.8) is 0 Å². The fraction of sp³-hybridized carbons (Fsp3) is 0.318. The smallest absolute Gasteiger partial charge is 0.241 e. The Morgan fingerprint density at radius 1 is 1.24 bits per heavy atom. The zero-order valence-corrected chi connectivity index (χ0v) is 20.6. The van der Waals surface area contributed by atoms with Crippen molar-refractivity contribution in [2.75, 3.05) is 6.54 Å². The van der Waals surface area contributed by atoms with Crippen LogP contribution in [0, 0.1) is 5.92 Å². The Labute approximate surface area is 200 Å². The van der Waals surface area contributed by atoms with E-state index in [1.165, 1.54) is 41.1 Å². The molecule has 0 saturated heterocycles. The number of nitrogens with one attached hydrogen (secondary N) is 1. The van der Waals surface area contributed by atoms with Crippen molar-refractivity contribution < 1.29 is 17.6 Å². The number of furan rings is 1. The van der Waals surface area contributed by atoms with E-state index in [0.717, 1.165) is 5.01 Å². The average molecular weight is 505 g/mol. The number of amides is 1. The molecule has 1 N–H and O–H groups in total. The molecule has 1 amide bonds. The van der Waals surface area contributed by atoms with Gasteiger partial charge in [0.2, 0.25) is 15.9 Å². The lowest BCUT2D eigenvalue weighted by Crippen LogP contribution is -2.50. The summed E-state index contributed by atoms with van der Waals surface area (Å²) in [7, 11) is -3.98. The Kier molecular flexibility index (Phi) is 7.23. The Hall–Kier alpha value is -2.60. The summed E-state index contributed by atoms with van der Waals surface area (Å²) in [6.07, 6.45) is 3.35. The minimum atomic E-state index is -3.98. The number of carbonyl (C=O) groups is 1. The van der Waals surface area contributed by atoms with Gasteiger partial charge in [-0.05, 0) is 30.2 Å². The SMILES string of the molecule is CC(C)CN(Cc1nccs1)C(=O)[C@H](Cc1cscn1)NS(=O)(=O)c1ccc2occc2c1. The standard InChI is InChI=1S/C22H24N4O4S3/c1-15(2)11-26(12-21-23-6-8-32-21)22(27)19(10-17-13-31-14-24-17)25-33(28,29)18-3-4-20-16(9-18)5-7-30-20/h3-9,13-15,19,25H,10-12H2,1-2H3/t19-/m0/s1. The van der Waals surface area contributed by atoms with E-state index in [1.807, 2.05) is 24.6 Å². The highest BCUT2D eigenvalue weighted by Crippen LogP contribution is 2.21. The summed E-state index contributed by atoms with van der Waals surface area (Å²) in [6, 6.07) is 5.31. The number of aromatic nitrogens is 2. The molecular weight excluding hydrogens is 480 g/mol. The third-order valence-corrected chi connectivity index (χ3v) is 7.80. The average Bonchev–Trinajstić information content (AvgIpc) is 3.54. The zero-order chi connectivity index (χ0) is 23.4. The lowest BCUT2D eigenvalue weighted by Gasteiger charge is -2.28. The zero-order valence-electron chi connectivity index (χ0n) is 18.2. The van der Waals surface area contributed by atoms with E-state index in [9.17, 15) is 13.2 Å². The minimum Gasteiger partial charge on any atom is -0.464 e. The first-order valence-electron chi connectivity index (χ1n) is 10.4. The molecule has 0 radical (unpaired) electrons. The molecule has 1 aromatic carbocycles. The monoisotopic (exact) mass is 504 g/mol. The molecule has 0 aliphatic rings. The molecule has 4 aromatic rings. The van der Waals surface area contributed by atoms with Crippen molar-refractivity contribution in [1.82, 2.24) is 19.6 Å². The van der Waals surface area contributed by atoms with Gasteiger partial charge in [-0.15, -0.1) is 22.7 Å². The molecule has 1 atom stereocenters. The Morgan fingerprint density at radius 2 is 2.09 bits per heavy atom. The van der Waals surface area contributed by atoms with E-state index < -0.39 is 16.1 Å². The first-order chi connectivity index (χ1) is 15.8. The van der Waals surface area contributed by atoms with Crippen molar-refractivity contribution in [2.45, 2.75) is 37.8 Å². The Balaban J connectivity index is 1.63. The molecule has 11 heteroatoms. The summed E-state index contributed by atoms with van der Waals surface area (Å²) in [5.74, 6) is -0.103. The summed E-state index contributed by atoms with van der Waals surface area (Å²) in [5.41, 5.74) is 2.92. The van der Waals surface area contributed by atoms with Crippen LogP contribution in [0.5, 0.6) is 0 Å². The summed E-state index contributed by atoms with van der Waals surface area (Å²) in [5, 5.41) is 5.14. The molecule has 33 heavy (non-hydrogen) atoms. The van der Waals surface area contributed by atoms with Gasteiger partial charge in [-0.25, -0.2) is 18.4 Å². The van der Waals surface area contributed by atoms with E-state index in [2.05, 4.69) is 14.7 Å². The van der Waals surface area contributed by atoms with Gasteiger partial charge in [0.25, 0.3) is 0 Å². The van der Waals surface area contributed by atoms with Crippen LogP contribution in [-0.4, -0.2) is 41.8 Å². The predicted octanol–water partition coefficient (Wildman–Crippen LogP) is 3.92. The van der Waals surface area contributed by atoms with Gasteiger partial charge in [0.05, 0.1) is 28.9 Å². The van der Waals surface area contributed by atoms with Crippen molar-refractivity contribution >= 4 is 49.6 Å². The third-order valence-electron chi connectivity index (χ3n) is 4.93. The Bertz CT molecular complexity index is 1300. The molecular formula is C22H24N4O4S3. The van der Waals surface area contributed by atoms with Gasteiger partial charge in [-0.1, -0.05) is 13.8 Å². The summed E-state index contributed by atoms with van der Waals surface area (Å²) < 4.78 is 34.5. The predicted molar refractivity (Wildman–Crippen MR) is 129 cm³/mol. The maximum absolute atomic E-state index is 13.6. The van der Waals surface area contributed by atoms with Crippen molar-refractivity contribution in [2.24, 2.45) is 5.92 Å². The molecule has 3 aromatic heterocycles. The molecule has 0 bridgehead atoms. The van der Waals surface area contributed by atoms with Crippen molar-refractivity contribution in [3.05, 3.63) is 63.7 Å². The second-order valence-corrected chi connectivity index (χ2v) is 11.4. The molecule has 8 nitrogen and oxygen atoms in total. The van der Waals surface area contributed by atoms with Gasteiger partial charge in [0, 0.05) is 35.3 Å². The van der Waals surface area contributed by atoms with Crippen LogP contribution < -0.4 is 4.72 Å². The highest BCUT2D eigenvalue weighted by atomic mass is 32.2. The fourth-order valence-corrected chi connectivity index (χ4v) is 5.91. The van der Waals surface area contributed by atoms with Gasteiger partial charge in [-0.2, -0.15) is 4.72 Å². The number of carbonyl (C=O) groups excluding carboxylic acids is 1. The largest absolute Gasteiger partial charge is 0.464 e. The second kappa shape index (κ2) is 10.1. The first-order valence-corrected chi connectivity index (χ1v) is 13.7. The highest BCUT2D eigenvalue weighted by Gasteiger charge is 2.31. The van der Waals surface area contributed by atoms with E-state index in [0.29, 0.717) is 29.8 Å². The van der Waals surface area contributed by atoms with Crippen LogP contribution in [0.2, 0.25) is 0 Å². The molecule has 0 aliphatic carbocycles. The summed E-state index contributed by atoms with van der Waals surface area (Å²) in [6.45, 7) is 4.84. The van der Waals surface area contributed by atoms with Gasteiger partial charge in [0.15, 0.2) is 0 Å². The molecule has 0 spiro atoms. The van der Waals surface area contributed by atoms with E-state index in [-0.39, 0.29) is 23.1 Å². The van der Waals surface area contributed by atoms with E-state index >= 15 is 0 Å². The lowest BCUT2D eigenvalue weighted by atomic mass is 10.1. The number of sulfonamides is 1. The fourth-order valence-electron chi connectivity index (χ4n) is 3.48. The number of nitrogens with zero attached hydrogens (tertiary/aromatic N) is 3. The van der Waals surface area contributed by atoms with Crippen LogP contribution in [0.15, 0.2) is 62.3 Å². The van der Waals surface area contributed by atoms with Gasteiger partial charge in [0.1, 0.15) is 16.6 Å². The van der Waals surface area contributed by atoms with Crippen LogP contribution in [0.3, 0.4) is 0 Å². The van der Waals surface area contributed by atoms with Crippen LogP contribution in [0.4, 0.5) is 0 Å². The minimum absolute atomic E-state index is 0.0720. The van der Waals surface area contributed by atoms with E-state index in [1.54, 1.807) is 28.7 Å². The molecule has 0 fully saturated rings. The quantitative estimate of drug-likeness (QED) is 0.351. The molecule has 0 unspecified atom stereocenters. The molecule has 3 heterocycles. The van der Waals surface area contributed by atoms with Crippen LogP contribution in [-0.2, 0) is 27.8 Å². The molecule has 174 valence electrons. The van der Waals surface area contributed by atoms with Crippen molar-refractivity contribution in [3.8, 4) is 0 Å². The number of benzene rings is 1. The number of hydrogen-bond acceptors (Lipinski definition) is 8. The lowest BCUT2D eigenvalue weighted by molar-refractivity contribution is -0.134. The number of hydrogen-bond donors (Lipinski definition) is 1. The number of thiazole rings is 2. The van der Waals surface area contributed by atoms with Gasteiger partial charge >= 0.3 is 0 Å². The van der Waals surface area contributed by atoms with Gasteiger partial charge < -0.3 is 9.32 Å². The van der Waals surface area contributed by atoms with Crippen LogP contribution in [0.25, 0.3) is 11.0 Å². The van der Waals surface area contributed by atoms with Crippen LogP contribution in [0.1, 0.15) is 24.5 Å². The third kappa shape index (κ3) is 5.85. The molecule has 0 saturated carbocycles. The molecule has 0 aliphatic heterocycles. The maximum Gasteiger partial charge on any atom is 0.241 e. The van der Waals surface area contributed by atoms with Crippen LogP contribution >= 0.6 is 22.7 Å². The van der Waals surface area contributed by atoms with E-state index in [4.69, 9.17) is 4.42 Å². The maximum atomic E-state index is 13.6. The number of fused-ring (bicyclic) bond motifs is 1.